The van der Waals surface area contributed by atoms with E-state index in [1.165, 1.54) is 0 Å². The van der Waals surface area contributed by atoms with Gasteiger partial charge in [0.25, 0.3) is 0 Å². The topological polar surface area (TPSA) is 77.8 Å². The number of aromatic nitrogens is 4. The molecule has 4 heterocycles. The molecule has 0 saturated carbocycles. The maximum Gasteiger partial charge on any atom is 0.231 e. The molecule has 6 heteroatoms. The summed E-state index contributed by atoms with van der Waals surface area (Å²) in [5, 5.41) is 3.57. The molecule has 0 atom stereocenters. The predicted octanol–water partition coefficient (Wildman–Crippen LogP) is 13.1. The van der Waals surface area contributed by atoms with E-state index in [9.17, 15) is 0 Å². The van der Waals surface area contributed by atoms with Crippen LogP contribution < -0.4 is 0 Å². The molecule has 4 aromatic heterocycles. The van der Waals surface area contributed by atoms with Crippen LogP contribution in [0.4, 0.5) is 0 Å². The molecule has 6 nitrogen and oxygen atoms in total. The van der Waals surface area contributed by atoms with Gasteiger partial charge in [-0.15, -0.1) is 0 Å². The van der Waals surface area contributed by atoms with Gasteiger partial charge in [0.2, 0.25) is 11.4 Å². The van der Waals surface area contributed by atoms with Crippen LogP contribution in [-0.2, 0) is 0 Å². The van der Waals surface area contributed by atoms with Gasteiger partial charge in [0.05, 0.1) is 22.2 Å². The first kappa shape index (κ1) is 31.8. The van der Waals surface area contributed by atoms with Gasteiger partial charge in [0, 0.05) is 33.0 Å². The van der Waals surface area contributed by atoms with Crippen LogP contribution in [0.15, 0.2) is 191 Å². The molecular weight excluding hydrogens is 689 g/mol. The molecule has 0 amide bonds. The average Bonchev–Trinajstić information content (AvgIpc) is 3.85. The molecule has 0 aliphatic heterocycles. The first-order chi connectivity index (χ1) is 27.7. The molecule has 0 bridgehead atoms. The van der Waals surface area contributed by atoms with Crippen molar-refractivity contribution in [2.75, 3.05) is 0 Å². The highest BCUT2D eigenvalue weighted by Crippen LogP contribution is 2.43. The Labute approximate surface area is 321 Å². The molecule has 0 radical (unpaired) electrons. The Morgan fingerprint density at radius 1 is 0.304 bits per heavy atom. The minimum Gasteiger partial charge on any atom is -0.438 e. The van der Waals surface area contributed by atoms with Crippen molar-refractivity contribution in [3.63, 3.8) is 0 Å². The Morgan fingerprint density at radius 2 is 0.679 bits per heavy atom. The van der Waals surface area contributed by atoms with Gasteiger partial charge in [-0.05, 0) is 46.5 Å². The number of rotatable bonds is 6. The minimum atomic E-state index is 0.520. The first-order valence-electron chi connectivity index (χ1n) is 18.6. The number of nitrogens with zero attached hydrogens (tertiary/aromatic N) is 4. The highest BCUT2D eigenvalue weighted by atomic mass is 16.3. The fourth-order valence-electron chi connectivity index (χ4n) is 7.73. The number of hydrogen-bond acceptors (Lipinski definition) is 6. The lowest BCUT2D eigenvalue weighted by atomic mass is 9.96. The van der Waals surface area contributed by atoms with Crippen molar-refractivity contribution in [1.82, 2.24) is 19.9 Å². The Bertz CT molecular complexity index is 3040. The Kier molecular flexibility index (Phi) is 7.38. The van der Waals surface area contributed by atoms with Crippen molar-refractivity contribution in [2.45, 2.75) is 0 Å². The number of para-hydroxylation sites is 2. The van der Waals surface area contributed by atoms with Gasteiger partial charge in [-0.25, -0.2) is 9.97 Å². The third kappa shape index (κ3) is 5.35. The van der Waals surface area contributed by atoms with Crippen molar-refractivity contribution in [2.24, 2.45) is 0 Å². The predicted molar refractivity (Wildman–Crippen MR) is 225 cm³/mol. The molecular formula is C50H30N4O2. The summed E-state index contributed by atoms with van der Waals surface area (Å²) in [7, 11) is 0. The second-order valence-electron chi connectivity index (χ2n) is 13.8. The Morgan fingerprint density at radius 3 is 1.14 bits per heavy atom. The van der Waals surface area contributed by atoms with Gasteiger partial charge in [-0.3, -0.25) is 0 Å². The van der Waals surface area contributed by atoms with E-state index in [1.807, 2.05) is 109 Å². The van der Waals surface area contributed by atoms with E-state index in [2.05, 4.69) is 72.8 Å². The number of fused-ring (bicyclic) bond motifs is 6. The van der Waals surface area contributed by atoms with Crippen LogP contribution in [0.3, 0.4) is 0 Å². The van der Waals surface area contributed by atoms with Gasteiger partial charge in [0.1, 0.15) is 11.2 Å². The average molecular weight is 719 g/mol. The van der Waals surface area contributed by atoms with E-state index in [0.717, 1.165) is 88.6 Å². The van der Waals surface area contributed by atoms with E-state index >= 15 is 0 Å². The number of hydrogen-bond donors (Lipinski definition) is 0. The van der Waals surface area contributed by atoms with E-state index in [4.69, 9.17) is 28.8 Å². The van der Waals surface area contributed by atoms with Crippen LogP contribution in [0.1, 0.15) is 0 Å². The van der Waals surface area contributed by atoms with E-state index in [0.29, 0.717) is 23.1 Å². The van der Waals surface area contributed by atoms with Crippen LogP contribution in [0.2, 0.25) is 0 Å². The van der Waals surface area contributed by atoms with Crippen molar-refractivity contribution in [1.29, 1.82) is 0 Å². The number of benzene rings is 7. The fourth-order valence-corrected chi connectivity index (χ4v) is 7.73. The molecule has 0 saturated heterocycles. The fraction of sp³-hybridized carbons (Fsp3) is 0. The summed E-state index contributed by atoms with van der Waals surface area (Å²) in [6, 6.07) is 61.7. The molecule has 262 valence electrons. The molecule has 0 spiro atoms. The van der Waals surface area contributed by atoms with Gasteiger partial charge in [-0.2, -0.15) is 9.97 Å². The van der Waals surface area contributed by atoms with Crippen molar-refractivity contribution < 1.29 is 8.83 Å². The largest absolute Gasteiger partial charge is 0.438 e. The third-order valence-electron chi connectivity index (χ3n) is 10.4. The highest BCUT2D eigenvalue weighted by Gasteiger charge is 2.24. The molecule has 56 heavy (non-hydrogen) atoms. The second-order valence-corrected chi connectivity index (χ2v) is 13.8. The molecule has 0 unspecified atom stereocenters. The van der Waals surface area contributed by atoms with E-state index < -0.39 is 0 Å². The summed E-state index contributed by atoms with van der Waals surface area (Å²) in [6.07, 6.45) is 0. The summed E-state index contributed by atoms with van der Waals surface area (Å²) in [5.41, 5.74) is 12.0. The molecule has 11 rings (SSSR count). The molecule has 0 N–H and O–H groups in total. The van der Waals surface area contributed by atoms with E-state index in [-0.39, 0.29) is 0 Å². The van der Waals surface area contributed by atoms with Gasteiger partial charge >= 0.3 is 0 Å². The van der Waals surface area contributed by atoms with Gasteiger partial charge < -0.3 is 8.83 Å². The standard InChI is InChI=1S/C50H30N4O2/c1-3-15-31(16-4-1)33-19-13-21-35(29-33)47-51-45(43-39-25-9-11-27-41(39)55-49(43)53-47)37-23-7-8-24-38(37)46-44-40-26-10-12-28-42(40)56-50(44)54-48(52-46)36-22-14-20-34(30-36)32-17-5-2-6-18-32/h1-30H. The summed E-state index contributed by atoms with van der Waals surface area (Å²) < 4.78 is 13.0. The molecule has 0 aliphatic carbocycles. The van der Waals surface area contributed by atoms with Crippen molar-refractivity contribution in [3.8, 4) is 67.5 Å². The third-order valence-corrected chi connectivity index (χ3v) is 10.4. The molecule has 11 aromatic rings. The quantitative estimate of drug-likeness (QED) is 0.170. The van der Waals surface area contributed by atoms with Crippen molar-refractivity contribution >= 4 is 44.1 Å². The maximum atomic E-state index is 6.49. The lowest BCUT2D eigenvalue weighted by Gasteiger charge is -2.13. The van der Waals surface area contributed by atoms with Crippen LogP contribution in [0.5, 0.6) is 0 Å². The summed E-state index contributed by atoms with van der Waals surface area (Å²) >= 11 is 0. The van der Waals surface area contributed by atoms with Crippen LogP contribution in [-0.4, -0.2) is 19.9 Å². The van der Waals surface area contributed by atoms with Crippen LogP contribution >= 0.6 is 0 Å². The first-order valence-corrected chi connectivity index (χ1v) is 18.6. The van der Waals surface area contributed by atoms with Gasteiger partial charge in [0.15, 0.2) is 11.6 Å². The monoisotopic (exact) mass is 718 g/mol. The number of furan rings is 2. The Hall–Kier alpha value is -7.70. The minimum absolute atomic E-state index is 0.520. The summed E-state index contributed by atoms with van der Waals surface area (Å²) in [4.78, 5) is 20.9. The van der Waals surface area contributed by atoms with Gasteiger partial charge in [-0.1, -0.05) is 158 Å². The zero-order chi connectivity index (χ0) is 37.0. The highest BCUT2D eigenvalue weighted by molar-refractivity contribution is 6.15. The molecule has 7 aromatic carbocycles. The van der Waals surface area contributed by atoms with Crippen molar-refractivity contribution in [3.05, 3.63) is 182 Å². The Balaban J connectivity index is 1.17. The second kappa shape index (κ2) is 13.0. The maximum absolute atomic E-state index is 6.49. The van der Waals surface area contributed by atoms with Crippen LogP contribution in [0.25, 0.3) is 112 Å². The normalized spacial score (nSPS) is 11.6. The summed E-state index contributed by atoms with van der Waals surface area (Å²) in [6.45, 7) is 0. The lowest BCUT2D eigenvalue weighted by Crippen LogP contribution is -1.98. The molecule has 0 fully saturated rings. The summed E-state index contributed by atoms with van der Waals surface area (Å²) in [5.74, 6) is 1.14. The zero-order valence-electron chi connectivity index (χ0n) is 29.9. The smallest absolute Gasteiger partial charge is 0.231 e. The van der Waals surface area contributed by atoms with Crippen LogP contribution in [0, 0.1) is 0 Å². The molecule has 0 aliphatic rings. The lowest BCUT2D eigenvalue weighted by molar-refractivity contribution is 0.653. The zero-order valence-corrected chi connectivity index (χ0v) is 29.9. The van der Waals surface area contributed by atoms with E-state index in [1.54, 1.807) is 0 Å². The SMILES string of the molecule is c1ccc(-c2cccc(-c3nc(-c4ccccc4-c4nc(-c5cccc(-c6ccccc6)c5)nc5oc6ccccc6c45)c4c(n3)oc3ccccc34)c2)cc1.